The number of aromatic nitrogens is 1. The van der Waals surface area contributed by atoms with Crippen molar-refractivity contribution >= 4 is 39.3 Å². The fourth-order valence-electron chi connectivity index (χ4n) is 1.98. The van der Waals surface area contributed by atoms with Gasteiger partial charge in [0.1, 0.15) is 16.7 Å². The van der Waals surface area contributed by atoms with Crippen LogP contribution >= 0.6 is 11.3 Å². The summed E-state index contributed by atoms with van der Waals surface area (Å²) in [5.74, 6) is 0.201. The maximum atomic E-state index is 10.9. The average molecular weight is 260 g/mol. The van der Waals surface area contributed by atoms with Crippen LogP contribution in [0.2, 0.25) is 0 Å². The van der Waals surface area contributed by atoms with E-state index in [0.29, 0.717) is 39.1 Å². The van der Waals surface area contributed by atoms with E-state index in [1.54, 1.807) is 0 Å². The molecule has 0 atom stereocenters. The Hall–Kier alpha value is -2.13. The van der Waals surface area contributed by atoms with Gasteiger partial charge in [-0.3, -0.25) is 4.79 Å². The topological polar surface area (TPSA) is 106 Å². The van der Waals surface area contributed by atoms with Crippen LogP contribution < -0.4 is 11.5 Å². The Morgan fingerprint density at radius 1 is 1.50 bits per heavy atom. The van der Waals surface area contributed by atoms with E-state index in [4.69, 9.17) is 16.7 Å². The van der Waals surface area contributed by atoms with Gasteiger partial charge in [-0.15, -0.1) is 11.3 Å². The van der Waals surface area contributed by atoms with Crippen molar-refractivity contribution in [2.24, 2.45) is 0 Å². The molecule has 0 unspecified atom stereocenters. The summed E-state index contributed by atoms with van der Waals surface area (Å²) in [6.45, 7) is 2.01. The Kier molecular flexibility index (Phi) is 3.17. The second-order valence-electron chi connectivity index (χ2n) is 3.89. The van der Waals surface area contributed by atoms with Gasteiger partial charge in [0.2, 0.25) is 0 Å². The summed E-state index contributed by atoms with van der Waals surface area (Å²) in [6.07, 6.45) is 2.25. The number of nitrogens with two attached hydrogens (primary N) is 2. The molecule has 92 valence electrons. The van der Waals surface area contributed by atoms with Gasteiger partial charge < -0.3 is 11.5 Å². The first-order valence-corrected chi connectivity index (χ1v) is 6.31. The Morgan fingerprint density at radius 3 is 2.78 bits per heavy atom. The maximum absolute atomic E-state index is 10.9. The SMILES string of the molecule is CCCc1c(C#N)c(N)nc2sc(C=O)c(N)c12. The Balaban J connectivity index is 2.91. The number of nitrogens with zero attached hydrogens (tertiary/aromatic N) is 2. The predicted octanol–water partition coefficient (Wildman–Crippen LogP) is 2.10. The first kappa shape index (κ1) is 12.3. The minimum Gasteiger partial charge on any atom is -0.397 e. The number of pyridine rings is 1. The smallest absolute Gasteiger partial charge is 0.162 e. The molecular weight excluding hydrogens is 248 g/mol. The highest BCUT2D eigenvalue weighted by molar-refractivity contribution is 7.20. The molecule has 0 fully saturated rings. The fraction of sp³-hybridized carbons (Fsp3) is 0.250. The lowest BCUT2D eigenvalue weighted by Gasteiger charge is -2.07. The van der Waals surface area contributed by atoms with E-state index in [1.807, 2.05) is 6.92 Å². The minimum atomic E-state index is 0.201. The largest absolute Gasteiger partial charge is 0.397 e. The highest BCUT2D eigenvalue weighted by Crippen LogP contribution is 2.37. The third-order valence-electron chi connectivity index (χ3n) is 2.76. The molecule has 0 bridgehead atoms. The molecule has 18 heavy (non-hydrogen) atoms. The quantitative estimate of drug-likeness (QED) is 0.822. The molecule has 2 aromatic heterocycles. The summed E-state index contributed by atoms with van der Waals surface area (Å²) in [5.41, 5.74) is 13.3. The van der Waals surface area contributed by atoms with Gasteiger partial charge >= 0.3 is 0 Å². The molecular formula is C12H12N4OS. The molecule has 0 radical (unpaired) electrons. The van der Waals surface area contributed by atoms with Gasteiger partial charge in [0.25, 0.3) is 0 Å². The Bertz CT molecular complexity index is 669. The lowest BCUT2D eigenvalue weighted by Crippen LogP contribution is -2.01. The molecule has 2 aromatic rings. The van der Waals surface area contributed by atoms with Crippen molar-refractivity contribution in [1.29, 1.82) is 5.26 Å². The summed E-state index contributed by atoms with van der Waals surface area (Å²) in [5, 5.41) is 9.87. The third-order valence-corrected chi connectivity index (χ3v) is 3.78. The summed E-state index contributed by atoms with van der Waals surface area (Å²) in [6, 6.07) is 2.07. The van der Waals surface area contributed by atoms with Crippen molar-refractivity contribution < 1.29 is 4.79 Å². The summed E-state index contributed by atoms with van der Waals surface area (Å²) >= 11 is 1.20. The zero-order valence-electron chi connectivity index (χ0n) is 9.86. The molecule has 0 saturated heterocycles. The summed E-state index contributed by atoms with van der Waals surface area (Å²) in [7, 11) is 0. The van der Waals surface area contributed by atoms with Gasteiger partial charge in [-0.05, 0) is 12.0 Å². The second-order valence-corrected chi connectivity index (χ2v) is 4.92. The van der Waals surface area contributed by atoms with Crippen LogP contribution in [0.25, 0.3) is 10.2 Å². The normalized spacial score (nSPS) is 10.4. The van der Waals surface area contributed by atoms with Crippen LogP contribution in [0, 0.1) is 11.3 Å². The average Bonchev–Trinajstić information content (AvgIpc) is 2.66. The van der Waals surface area contributed by atoms with Crippen molar-refractivity contribution in [1.82, 2.24) is 4.98 Å². The number of nitriles is 1. The number of thiophene rings is 1. The third kappa shape index (κ3) is 1.69. The standard InChI is InChI=1S/C12H12N4OS/c1-2-3-6-7(4-13)11(15)16-12-9(6)10(14)8(5-17)18-12/h5H,2-3,14H2,1H3,(H2,15,16). The van der Waals surface area contributed by atoms with E-state index < -0.39 is 0 Å². The van der Waals surface area contributed by atoms with E-state index in [0.717, 1.165) is 12.0 Å². The molecule has 2 rings (SSSR count). The van der Waals surface area contributed by atoms with Crippen molar-refractivity contribution in [2.75, 3.05) is 11.5 Å². The highest BCUT2D eigenvalue weighted by Gasteiger charge is 2.19. The highest BCUT2D eigenvalue weighted by atomic mass is 32.1. The van der Waals surface area contributed by atoms with E-state index in [-0.39, 0.29) is 5.82 Å². The second kappa shape index (κ2) is 4.63. The molecule has 0 aliphatic rings. The molecule has 0 aliphatic carbocycles. The molecule has 6 heteroatoms. The molecule has 0 aliphatic heterocycles. The molecule has 0 aromatic carbocycles. The number of carbonyl (C=O) groups is 1. The molecule has 5 nitrogen and oxygen atoms in total. The number of nitrogen functional groups attached to an aromatic ring is 2. The van der Waals surface area contributed by atoms with Crippen molar-refractivity contribution in [3.05, 3.63) is 16.0 Å². The van der Waals surface area contributed by atoms with Gasteiger partial charge in [0, 0.05) is 5.39 Å². The van der Waals surface area contributed by atoms with Crippen molar-refractivity contribution in [3.8, 4) is 6.07 Å². The number of carbonyl (C=O) groups excluding carboxylic acids is 1. The van der Waals surface area contributed by atoms with Gasteiger partial charge in [0.05, 0.1) is 16.1 Å². The van der Waals surface area contributed by atoms with E-state index >= 15 is 0 Å². The first-order chi connectivity index (χ1) is 8.63. The number of hydrogen-bond acceptors (Lipinski definition) is 6. The summed E-state index contributed by atoms with van der Waals surface area (Å²) in [4.78, 5) is 16.1. The number of fused-ring (bicyclic) bond motifs is 1. The lowest BCUT2D eigenvalue weighted by molar-refractivity contribution is 0.112. The van der Waals surface area contributed by atoms with Crippen LogP contribution in [0.15, 0.2) is 0 Å². The van der Waals surface area contributed by atoms with E-state index in [1.165, 1.54) is 11.3 Å². The predicted molar refractivity (Wildman–Crippen MR) is 72.5 cm³/mol. The van der Waals surface area contributed by atoms with Crippen LogP contribution in [-0.4, -0.2) is 11.3 Å². The maximum Gasteiger partial charge on any atom is 0.162 e. The van der Waals surface area contributed by atoms with Crippen LogP contribution in [0.3, 0.4) is 0 Å². The zero-order valence-corrected chi connectivity index (χ0v) is 10.7. The van der Waals surface area contributed by atoms with Crippen LogP contribution in [-0.2, 0) is 6.42 Å². The fourth-order valence-corrected chi connectivity index (χ4v) is 2.92. The number of anilines is 2. The number of rotatable bonds is 3. The molecule has 4 N–H and O–H groups in total. The molecule has 0 saturated carbocycles. The van der Waals surface area contributed by atoms with Crippen LogP contribution in [0.5, 0.6) is 0 Å². The van der Waals surface area contributed by atoms with E-state index in [2.05, 4.69) is 11.1 Å². The Labute approximate surface area is 108 Å². The first-order valence-electron chi connectivity index (χ1n) is 5.49. The number of aryl methyl sites for hydroxylation is 1. The summed E-state index contributed by atoms with van der Waals surface area (Å²) < 4.78 is 0. The van der Waals surface area contributed by atoms with Crippen LogP contribution in [0.1, 0.15) is 34.1 Å². The Morgan fingerprint density at radius 2 is 2.22 bits per heavy atom. The molecule has 0 spiro atoms. The molecule has 2 heterocycles. The van der Waals surface area contributed by atoms with Crippen molar-refractivity contribution in [3.63, 3.8) is 0 Å². The molecule has 0 amide bonds. The van der Waals surface area contributed by atoms with Crippen LogP contribution in [0.4, 0.5) is 11.5 Å². The minimum absolute atomic E-state index is 0.201. The van der Waals surface area contributed by atoms with Crippen molar-refractivity contribution in [2.45, 2.75) is 19.8 Å². The number of hydrogen-bond donors (Lipinski definition) is 2. The van der Waals surface area contributed by atoms with Gasteiger partial charge in [-0.25, -0.2) is 4.98 Å². The van der Waals surface area contributed by atoms with Gasteiger partial charge in [0.15, 0.2) is 6.29 Å². The zero-order chi connectivity index (χ0) is 13.3. The van der Waals surface area contributed by atoms with E-state index in [9.17, 15) is 4.79 Å². The lowest BCUT2D eigenvalue weighted by atomic mass is 10.0. The van der Waals surface area contributed by atoms with Gasteiger partial charge in [-0.2, -0.15) is 5.26 Å². The number of aldehydes is 1. The monoisotopic (exact) mass is 260 g/mol. The van der Waals surface area contributed by atoms with Gasteiger partial charge in [-0.1, -0.05) is 13.3 Å².